The number of nitrogens with one attached hydrogen (secondary N) is 1. The molecule has 0 saturated heterocycles. The van der Waals surface area contributed by atoms with Crippen molar-refractivity contribution >= 4 is 29.8 Å². The van der Waals surface area contributed by atoms with Gasteiger partial charge in [-0.1, -0.05) is 24.3 Å². The number of rotatable bonds is 11. The van der Waals surface area contributed by atoms with Crippen molar-refractivity contribution in [3.05, 3.63) is 72.1 Å². The van der Waals surface area contributed by atoms with E-state index in [2.05, 4.69) is 5.32 Å². The SMILES string of the molecule is C[n+]1cc(-c2ccc(OCC(ON3C(=O)c4ccccc4C3=O)C(=O)OC(C)(C)C)cc2)cn1CC(O)CNC(=O)OC(C)(C)C.O=C([O-])C(F)(F)F. The van der Waals surface area contributed by atoms with Gasteiger partial charge < -0.3 is 34.5 Å². The smallest absolute Gasteiger partial charge is 0.430 e. The molecule has 4 rings (SSSR count). The van der Waals surface area contributed by atoms with E-state index in [0.717, 1.165) is 11.1 Å². The van der Waals surface area contributed by atoms with Crippen molar-refractivity contribution in [1.29, 1.82) is 0 Å². The number of ether oxygens (including phenoxy) is 3. The minimum absolute atomic E-state index is 0.0233. The molecule has 0 fully saturated rings. The molecule has 2 atom stereocenters. The van der Waals surface area contributed by atoms with Gasteiger partial charge in [-0.2, -0.15) is 17.9 Å². The molecule has 2 unspecified atom stereocenters. The summed E-state index contributed by atoms with van der Waals surface area (Å²) in [6.07, 6.45) is -4.31. The number of aromatic nitrogens is 2. The number of halogens is 3. The van der Waals surface area contributed by atoms with Crippen molar-refractivity contribution in [3.8, 4) is 16.9 Å². The monoisotopic (exact) mass is 750 g/mol. The first-order valence-corrected chi connectivity index (χ1v) is 16.0. The standard InChI is InChI=1S/C33H40N4O9.C2HF3O2/c1-32(2,3)44-30(41)27(46-37-28(39)25-10-8-9-11-26(25)29(37)40)20-43-24-14-12-21(13-15-24)22-17-35(7)36(18-22)19-23(38)16-34-31(42)45-33(4,5)6;3-2(4,5)1(6)7/h8-15,17-18,23,27,38H,16,19-20H2,1-7H3;(H,6,7). The molecule has 2 heterocycles. The van der Waals surface area contributed by atoms with E-state index in [4.69, 9.17) is 28.9 Å². The van der Waals surface area contributed by atoms with E-state index in [1.165, 1.54) is 12.1 Å². The topological polar surface area (TPSA) is 190 Å². The number of alkyl carbamates (subject to hydrolysis) is 1. The lowest BCUT2D eigenvalue weighted by atomic mass is 10.1. The molecule has 3 amide bonds. The average Bonchev–Trinajstić information content (AvgIpc) is 3.52. The zero-order valence-corrected chi connectivity index (χ0v) is 30.1. The van der Waals surface area contributed by atoms with Gasteiger partial charge in [0.15, 0.2) is 7.05 Å². The second kappa shape index (κ2) is 16.9. The fourth-order valence-corrected chi connectivity index (χ4v) is 4.50. The van der Waals surface area contributed by atoms with Crippen LogP contribution < -0.4 is 19.8 Å². The maximum Gasteiger partial charge on any atom is 0.430 e. The molecule has 0 aliphatic carbocycles. The third kappa shape index (κ3) is 12.6. The van der Waals surface area contributed by atoms with E-state index in [9.17, 15) is 37.5 Å². The van der Waals surface area contributed by atoms with E-state index >= 15 is 0 Å². The van der Waals surface area contributed by atoms with E-state index < -0.39 is 59.4 Å². The number of hydrogen-bond acceptors (Lipinski definition) is 11. The normalized spacial score (nSPS) is 14.1. The van der Waals surface area contributed by atoms with Crippen molar-refractivity contribution in [3.63, 3.8) is 0 Å². The van der Waals surface area contributed by atoms with Crippen LogP contribution in [0.4, 0.5) is 18.0 Å². The van der Waals surface area contributed by atoms with Crippen LogP contribution in [0.3, 0.4) is 0 Å². The Bertz CT molecular complexity index is 1760. The van der Waals surface area contributed by atoms with Gasteiger partial charge in [-0.15, -0.1) is 9.75 Å². The maximum atomic E-state index is 13.0. The molecule has 2 N–H and O–H groups in total. The summed E-state index contributed by atoms with van der Waals surface area (Å²) in [6.45, 7) is 10.3. The second-order valence-corrected chi connectivity index (χ2v) is 13.6. The van der Waals surface area contributed by atoms with Crippen molar-refractivity contribution in [2.24, 2.45) is 7.05 Å². The minimum Gasteiger partial charge on any atom is -0.542 e. The lowest BCUT2D eigenvalue weighted by Crippen LogP contribution is -2.43. The summed E-state index contributed by atoms with van der Waals surface area (Å²) in [4.78, 5) is 65.0. The summed E-state index contributed by atoms with van der Waals surface area (Å²) in [6, 6.07) is 13.4. The maximum absolute atomic E-state index is 13.0. The number of aliphatic carboxylic acids is 1. The third-order valence-electron chi connectivity index (χ3n) is 6.78. The Morgan fingerprint density at radius 2 is 1.42 bits per heavy atom. The zero-order chi connectivity index (χ0) is 39.9. The molecule has 1 aromatic heterocycles. The van der Waals surface area contributed by atoms with Crippen LogP contribution in [0.25, 0.3) is 11.1 Å². The van der Waals surface area contributed by atoms with E-state index in [1.807, 2.05) is 40.9 Å². The molecule has 1 aliphatic rings. The highest BCUT2D eigenvalue weighted by Gasteiger charge is 2.40. The first-order valence-electron chi connectivity index (χ1n) is 16.0. The number of carbonyl (C=O) groups excluding carboxylic acids is 5. The van der Waals surface area contributed by atoms with Gasteiger partial charge >= 0.3 is 18.2 Å². The Hall–Kier alpha value is -5.49. The summed E-state index contributed by atoms with van der Waals surface area (Å²) in [5.41, 5.74) is 0.602. The van der Waals surface area contributed by atoms with Gasteiger partial charge in [-0.3, -0.25) is 9.59 Å². The molecule has 0 saturated carbocycles. The highest BCUT2D eigenvalue weighted by Crippen LogP contribution is 2.26. The van der Waals surface area contributed by atoms with Crippen LogP contribution in [-0.4, -0.2) is 87.4 Å². The predicted octanol–water partition coefficient (Wildman–Crippen LogP) is 2.48. The first-order chi connectivity index (χ1) is 24.4. The van der Waals surface area contributed by atoms with Crippen LogP contribution in [-0.2, 0) is 37.5 Å². The fourth-order valence-electron chi connectivity index (χ4n) is 4.50. The van der Waals surface area contributed by atoms with Gasteiger partial charge in [0.1, 0.15) is 36.1 Å². The van der Waals surface area contributed by atoms with Crippen molar-refractivity contribution in [1.82, 2.24) is 15.1 Å². The number of carboxylic acids is 1. The van der Waals surface area contributed by atoms with Gasteiger partial charge in [0.25, 0.3) is 11.8 Å². The minimum atomic E-state index is -5.19. The molecule has 288 valence electrons. The number of alkyl halides is 3. The third-order valence-corrected chi connectivity index (χ3v) is 6.78. The summed E-state index contributed by atoms with van der Waals surface area (Å²) < 4.78 is 51.7. The fraction of sp³-hybridized carbons (Fsp3) is 0.429. The number of amides is 3. The average molecular weight is 751 g/mol. The lowest BCUT2D eigenvalue weighted by molar-refractivity contribution is -0.754. The molecule has 2 aromatic carbocycles. The number of imide groups is 1. The summed E-state index contributed by atoms with van der Waals surface area (Å²) in [5, 5.41) is 22.4. The molecule has 0 spiro atoms. The first kappa shape index (κ1) is 41.9. The number of aliphatic hydroxyl groups is 1. The Morgan fingerprint density at radius 3 is 1.91 bits per heavy atom. The van der Waals surface area contributed by atoms with E-state index in [-0.39, 0.29) is 30.8 Å². The quantitative estimate of drug-likeness (QED) is 0.166. The van der Waals surface area contributed by atoms with Gasteiger partial charge in [-0.25, -0.2) is 14.4 Å². The summed E-state index contributed by atoms with van der Waals surface area (Å²) in [7, 11) is 1.83. The number of aryl methyl sites for hydroxylation is 1. The van der Waals surface area contributed by atoms with Crippen LogP contribution in [0.1, 0.15) is 62.3 Å². The van der Waals surface area contributed by atoms with Gasteiger partial charge in [0.2, 0.25) is 12.3 Å². The molecule has 0 bridgehead atoms. The Labute approximate surface area is 302 Å². The molecule has 53 heavy (non-hydrogen) atoms. The van der Waals surface area contributed by atoms with E-state index in [0.29, 0.717) is 10.8 Å². The number of hydrogen-bond donors (Lipinski definition) is 2. The Kier molecular flexibility index (Phi) is 13.4. The van der Waals surface area contributed by atoms with Crippen molar-refractivity contribution < 1.29 is 71.1 Å². The lowest BCUT2D eigenvalue weighted by Gasteiger charge is -2.26. The van der Waals surface area contributed by atoms with Crippen molar-refractivity contribution in [2.45, 2.75) is 77.7 Å². The second-order valence-electron chi connectivity index (χ2n) is 13.6. The molecule has 18 heteroatoms. The summed E-state index contributed by atoms with van der Waals surface area (Å²) in [5.74, 6) is -4.74. The van der Waals surface area contributed by atoms with Crippen LogP contribution in [0, 0.1) is 0 Å². The number of fused-ring (bicyclic) bond motifs is 1. The van der Waals surface area contributed by atoms with Crippen LogP contribution in [0.2, 0.25) is 0 Å². The number of aliphatic hydroxyl groups excluding tert-OH is 1. The van der Waals surface area contributed by atoms with Crippen LogP contribution in [0.15, 0.2) is 60.9 Å². The number of benzene rings is 2. The highest BCUT2D eigenvalue weighted by molar-refractivity contribution is 6.20. The molecule has 15 nitrogen and oxygen atoms in total. The number of esters is 1. The van der Waals surface area contributed by atoms with Gasteiger partial charge in [0.05, 0.1) is 29.0 Å². The highest BCUT2D eigenvalue weighted by atomic mass is 19.4. The molecular formula is C35H41F3N4O11. The van der Waals surface area contributed by atoms with E-state index in [1.54, 1.807) is 65.8 Å². The Balaban J connectivity index is 0.000000980. The largest absolute Gasteiger partial charge is 0.542 e. The predicted molar refractivity (Wildman–Crippen MR) is 176 cm³/mol. The zero-order valence-electron chi connectivity index (χ0n) is 30.1. The number of nitrogens with zero attached hydrogens (tertiary/aromatic N) is 3. The van der Waals surface area contributed by atoms with Crippen LogP contribution in [0.5, 0.6) is 5.75 Å². The molecule has 1 aliphatic heterocycles. The number of carboxylic acid groups (broad SMARTS) is 1. The van der Waals surface area contributed by atoms with Gasteiger partial charge in [-0.05, 0) is 71.4 Å². The van der Waals surface area contributed by atoms with Crippen molar-refractivity contribution in [2.75, 3.05) is 13.2 Å². The number of carbonyl (C=O) groups is 5. The number of hydroxylamine groups is 2. The van der Waals surface area contributed by atoms with Gasteiger partial charge in [0, 0.05) is 6.54 Å². The molecule has 3 aromatic rings. The molecule has 0 radical (unpaired) electrons. The summed E-state index contributed by atoms with van der Waals surface area (Å²) >= 11 is 0. The Morgan fingerprint density at radius 1 is 0.887 bits per heavy atom. The van der Waals surface area contributed by atoms with Crippen LogP contribution >= 0.6 is 0 Å². The molecular weight excluding hydrogens is 709 g/mol.